The number of nitrogens with zero attached hydrogens (tertiary/aromatic N) is 1. The third kappa shape index (κ3) is 2.77. The van der Waals surface area contributed by atoms with E-state index in [1.807, 2.05) is 11.8 Å². The smallest absolute Gasteiger partial charge is 0.245 e. The first-order valence-electron chi connectivity index (χ1n) is 6.53. The van der Waals surface area contributed by atoms with E-state index in [-0.39, 0.29) is 17.9 Å². The molecule has 0 spiro atoms. The number of nitrogens with one attached hydrogen (secondary N) is 2. The molecule has 2 N–H and O–H groups in total. The van der Waals surface area contributed by atoms with Crippen LogP contribution in [-0.2, 0) is 9.59 Å². The number of amides is 2. The number of likely N-dealkylation sites (N-methyl/N-ethyl adjacent to an activating group) is 1. The Balaban J connectivity index is 1.96. The van der Waals surface area contributed by atoms with Crippen molar-refractivity contribution in [3.05, 3.63) is 0 Å². The van der Waals surface area contributed by atoms with E-state index in [2.05, 4.69) is 10.6 Å². The van der Waals surface area contributed by atoms with E-state index in [1.165, 1.54) is 0 Å². The monoisotopic (exact) mass is 239 g/mol. The molecule has 96 valence electrons. The Bertz CT molecular complexity index is 300. The zero-order valence-electron chi connectivity index (χ0n) is 10.4. The zero-order chi connectivity index (χ0) is 12.3. The molecular formula is C12H21N3O2. The molecule has 17 heavy (non-hydrogen) atoms. The van der Waals surface area contributed by atoms with Crippen LogP contribution in [0.15, 0.2) is 0 Å². The molecule has 2 fully saturated rings. The molecular weight excluding hydrogens is 218 g/mol. The standard InChI is InChI=1S/C12H21N3O2/c1-2-15(9-5-7-13-8-6-9)12(17)10-3-4-11(16)14-10/h9-10,13H,2-8H2,1H3,(H,14,16)/t10-/m1/s1. The van der Waals surface area contributed by atoms with Crippen molar-refractivity contribution < 1.29 is 9.59 Å². The molecule has 2 heterocycles. The predicted octanol–water partition coefficient (Wildman–Crippen LogP) is -0.134. The van der Waals surface area contributed by atoms with E-state index in [4.69, 9.17) is 0 Å². The largest absolute Gasteiger partial charge is 0.344 e. The van der Waals surface area contributed by atoms with Crippen LogP contribution in [0.25, 0.3) is 0 Å². The van der Waals surface area contributed by atoms with Gasteiger partial charge in [0, 0.05) is 19.0 Å². The highest BCUT2D eigenvalue weighted by atomic mass is 16.2. The molecule has 0 aromatic heterocycles. The van der Waals surface area contributed by atoms with Crippen LogP contribution in [0.3, 0.4) is 0 Å². The van der Waals surface area contributed by atoms with Crippen molar-refractivity contribution in [1.82, 2.24) is 15.5 Å². The fourth-order valence-corrected chi connectivity index (χ4v) is 2.71. The quantitative estimate of drug-likeness (QED) is 0.721. The minimum atomic E-state index is -0.280. The lowest BCUT2D eigenvalue weighted by atomic mass is 10.0. The van der Waals surface area contributed by atoms with Crippen molar-refractivity contribution in [2.24, 2.45) is 0 Å². The highest BCUT2D eigenvalue weighted by Crippen LogP contribution is 2.16. The molecule has 2 aliphatic rings. The molecule has 0 aromatic rings. The maximum absolute atomic E-state index is 12.3. The van der Waals surface area contributed by atoms with Crippen LogP contribution in [0.4, 0.5) is 0 Å². The maximum Gasteiger partial charge on any atom is 0.245 e. The number of hydrogen-bond acceptors (Lipinski definition) is 3. The number of carbonyl (C=O) groups is 2. The molecule has 5 heteroatoms. The lowest BCUT2D eigenvalue weighted by Crippen LogP contribution is -2.51. The van der Waals surface area contributed by atoms with Gasteiger partial charge in [0.25, 0.3) is 0 Å². The normalized spacial score (nSPS) is 25.7. The first-order chi connectivity index (χ1) is 8.22. The van der Waals surface area contributed by atoms with Gasteiger partial charge in [0.1, 0.15) is 6.04 Å². The van der Waals surface area contributed by atoms with Gasteiger partial charge in [-0.3, -0.25) is 9.59 Å². The summed E-state index contributed by atoms with van der Waals surface area (Å²) in [5.41, 5.74) is 0. The van der Waals surface area contributed by atoms with Crippen molar-refractivity contribution >= 4 is 11.8 Å². The summed E-state index contributed by atoms with van der Waals surface area (Å²) in [4.78, 5) is 25.4. The van der Waals surface area contributed by atoms with Crippen molar-refractivity contribution in [3.8, 4) is 0 Å². The zero-order valence-corrected chi connectivity index (χ0v) is 10.4. The highest BCUT2D eigenvalue weighted by molar-refractivity contribution is 5.90. The lowest BCUT2D eigenvalue weighted by molar-refractivity contribution is -0.136. The third-order valence-corrected chi connectivity index (χ3v) is 3.67. The van der Waals surface area contributed by atoms with Gasteiger partial charge in [-0.15, -0.1) is 0 Å². The second-order valence-corrected chi connectivity index (χ2v) is 4.76. The van der Waals surface area contributed by atoms with Crippen molar-refractivity contribution in [3.63, 3.8) is 0 Å². The van der Waals surface area contributed by atoms with Gasteiger partial charge in [0.15, 0.2) is 0 Å². The van der Waals surface area contributed by atoms with E-state index in [9.17, 15) is 9.59 Å². The molecule has 2 aliphatic heterocycles. The Morgan fingerprint density at radius 2 is 2.06 bits per heavy atom. The molecule has 0 radical (unpaired) electrons. The number of hydrogen-bond donors (Lipinski definition) is 2. The molecule has 0 bridgehead atoms. The molecule has 2 rings (SSSR count). The van der Waals surface area contributed by atoms with Crippen LogP contribution in [-0.4, -0.2) is 48.4 Å². The molecule has 5 nitrogen and oxygen atoms in total. The maximum atomic E-state index is 12.3. The summed E-state index contributed by atoms with van der Waals surface area (Å²) in [6, 6.07) is 0.0589. The Morgan fingerprint density at radius 1 is 1.35 bits per heavy atom. The number of carbonyl (C=O) groups excluding carboxylic acids is 2. The minimum absolute atomic E-state index is 0.00436. The molecule has 2 saturated heterocycles. The average Bonchev–Trinajstić information content (AvgIpc) is 2.78. The molecule has 2 amide bonds. The second-order valence-electron chi connectivity index (χ2n) is 4.76. The molecule has 1 atom stereocenters. The molecule has 0 aliphatic carbocycles. The Kier molecular flexibility index (Phi) is 3.99. The Labute approximate surface area is 102 Å². The van der Waals surface area contributed by atoms with E-state index in [0.29, 0.717) is 18.9 Å². The summed E-state index contributed by atoms with van der Waals surface area (Å²) < 4.78 is 0. The van der Waals surface area contributed by atoms with Crippen LogP contribution in [0.2, 0.25) is 0 Å². The van der Waals surface area contributed by atoms with Gasteiger partial charge in [-0.2, -0.15) is 0 Å². The summed E-state index contributed by atoms with van der Waals surface area (Å²) in [5, 5.41) is 6.06. The van der Waals surface area contributed by atoms with Gasteiger partial charge in [0.05, 0.1) is 0 Å². The van der Waals surface area contributed by atoms with Gasteiger partial charge >= 0.3 is 0 Å². The van der Waals surface area contributed by atoms with Gasteiger partial charge in [-0.1, -0.05) is 0 Å². The highest BCUT2D eigenvalue weighted by Gasteiger charge is 2.33. The van der Waals surface area contributed by atoms with Crippen LogP contribution in [0.5, 0.6) is 0 Å². The van der Waals surface area contributed by atoms with Gasteiger partial charge < -0.3 is 15.5 Å². The summed E-state index contributed by atoms with van der Waals surface area (Å²) in [6.07, 6.45) is 3.17. The van der Waals surface area contributed by atoms with E-state index in [0.717, 1.165) is 32.5 Å². The number of piperidine rings is 1. The van der Waals surface area contributed by atoms with Crippen LogP contribution in [0.1, 0.15) is 32.6 Å². The van der Waals surface area contributed by atoms with Crippen molar-refractivity contribution in [1.29, 1.82) is 0 Å². The van der Waals surface area contributed by atoms with E-state index in [1.54, 1.807) is 0 Å². The number of rotatable bonds is 3. The molecule has 0 unspecified atom stereocenters. The summed E-state index contributed by atoms with van der Waals surface area (Å²) in [7, 11) is 0. The Hall–Kier alpha value is -1.10. The fourth-order valence-electron chi connectivity index (χ4n) is 2.71. The molecule has 0 saturated carbocycles. The van der Waals surface area contributed by atoms with Crippen LogP contribution >= 0.6 is 0 Å². The first kappa shape index (κ1) is 12.4. The van der Waals surface area contributed by atoms with E-state index >= 15 is 0 Å². The van der Waals surface area contributed by atoms with E-state index < -0.39 is 0 Å². The minimum Gasteiger partial charge on any atom is -0.344 e. The molecule has 0 aromatic carbocycles. The second kappa shape index (κ2) is 5.49. The third-order valence-electron chi connectivity index (χ3n) is 3.67. The summed E-state index contributed by atoms with van der Waals surface area (Å²) in [5.74, 6) is 0.106. The van der Waals surface area contributed by atoms with Gasteiger partial charge in [-0.05, 0) is 39.3 Å². The summed E-state index contributed by atoms with van der Waals surface area (Å²) >= 11 is 0. The van der Waals surface area contributed by atoms with Gasteiger partial charge in [-0.25, -0.2) is 0 Å². The van der Waals surface area contributed by atoms with Crippen molar-refractivity contribution in [2.75, 3.05) is 19.6 Å². The first-order valence-corrected chi connectivity index (χ1v) is 6.53. The fraction of sp³-hybridized carbons (Fsp3) is 0.833. The Morgan fingerprint density at radius 3 is 2.59 bits per heavy atom. The van der Waals surface area contributed by atoms with Crippen molar-refractivity contribution in [2.45, 2.75) is 44.7 Å². The topological polar surface area (TPSA) is 61.4 Å². The van der Waals surface area contributed by atoms with Crippen LogP contribution < -0.4 is 10.6 Å². The average molecular weight is 239 g/mol. The lowest BCUT2D eigenvalue weighted by Gasteiger charge is -2.35. The SMILES string of the molecule is CCN(C(=O)[C@H]1CCC(=O)N1)C1CCNCC1. The van der Waals surface area contributed by atoms with Gasteiger partial charge in [0.2, 0.25) is 11.8 Å². The van der Waals surface area contributed by atoms with Crippen LogP contribution in [0, 0.1) is 0 Å². The summed E-state index contributed by atoms with van der Waals surface area (Å²) in [6.45, 7) is 4.70. The predicted molar refractivity (Wildman–Crippen MR) is 64.4 cm³/mol.